The first-order chi connectivity index (χ1) is 52.3. The van der Waals surface area contributed by atoms with E-state index in [0.29, 0.717) is 38.5 Å². The fraction of sp³-hybridized carbons (Fsp3) is 0.871. The molecule has 108 heavy (non-hydrogen) atoms. The Morgan fingerprint density at radius 1 is 0.324 bits per heavy atom. The van der Waals surface area contributed by atoms with Crippen LogP contribution in [-0.2, 0) is 74.9 Å². The predicted octanol–water partition coefficient (Wildman–Crippen LogP) is 21.5. The molecule has 0 aliphatic rings. The van der Waals surface area contributed by atoms with E-state index in [2.05, 4.69) is 87.1 Å². The first-order valence-corrected chi connectivity index (χ1v) is 47.5. The molecule has 0 saturated carbocycles. The SMILES string of the molecule is CCCCCC/C=C\CCCC(=O)O[C@H](CCCCCCCCCCC)CC(=O)NC(COCCC(=O)CCCCCCC)COP(C)(=O)OCCNC(=O)NCCOP(C)(=O)OCC(COCCC(=O)CCCCCCC)NC(=O)C[C@@H](CCCCCCCCCCC)OC(=O)CCC/C=C\CCCCCC. The van der Waals surface area contributed by atoms with Crippen LogP contribution in [0.2, 0.25) is 0 Å². The topological polar surface area (TPSA) is 276 Å². The predicted molar refractivity (Wildman–Crippen MR) is 440 cm³/mol. The Morgan fingerprint density at radius 3 is 0.954 bits per heavy atom. The number of rotatable bonds is 82. The molecule has 0 saturated heterocycles. The quantitative estimate of drug-likeness (QED) is 0.0191. The maximum Gasteiger partial charge on any atom is 0.327 e. The van der Waals surface area contributed by atoms with Crippen LogP contribution < -0.4 is 21.3 Å². The van der Waals surface area contributed by atoms with E-state index in [1.165, 1.54) is 116 Å². The van der Waals surface area contributed by atoms with Gasteiger partial charge in [0.25, 0.3) is 0 Å². The van der Waals surface area contributed by atoms with Gasteiger partial charge in [-0.15, -0.1) is 0 Å². The molecule has 0 aromatic carbocycles. The number of ether oxygens (including phenoxy) is 4. The van der Waals surface area contributed by atoms with Crippen molar-refractivity contribution in [3.63, 3.8) is 0 Å². The molecule has 21 nitrogen and oxygen atoms in total. The van der Waals surface area contributed by atoms with Gasteiger partial charge in [0.05, 0.1) is 77.8 Å². The van der Waals surface area contributed by atoms with E-state index in [1.54, 1.807) is 0 Å². The number of allylic oxidation sites excluding steroid dienone is 4. The fourth-order valence-electron chi connectivity index (χ4n) is 12.4. The average molecular weight is 1570 g/mol. The van der Waals surface area contributed by atoms with Gasteiger partial charge in [-0.05, 0) is 89.9 Å². The molecular formula is C85H160N4O17P2. The summed E-state index contributed by atoms with van der Waals surface area (Å²) in [5.41, 5.74) is 0. The van der Waals surface area contributed by atoms with Crippen LogP contribution in [0.4, 0.5) is 4.79 Å². The summed E-state index contributed by atoms with van der Waals surface area (Å²) in [4.78, 5) is 92.5. The van der Waals surface area contributed by atoms with Crippen LogP contribution in [0, 0.1) is 0 Å². The number of hydrogen-bond acceptors (Lipinski definition) is 17. The first-order valence-electron chi connectivity index (χ1n) is 43.5. The number of Topliss-reactive ketones (excluding diaryl/α,β-unsaturated/α-hetero) is 2. The number of ketones is 2. The van der Waals surface area contributed by atoms with Crippen LogP contribution in [0.15, 0.2) is 24.3 Å². The Hall–Kier alpha value is -3.81. The molecule has 0 radical (unpaired) electrons. The van der Waals surface area contributed by atoms with E-state index in [-0.39, 0.29) is 128 Å². The van der Waals surface area contributed by atoms with Crippen LogP contribution in [0.5, 0.6) is 0 Å². The Labute approximate surface area is 657 Å². The number of hydrogen-bond donors (Lipinski definition) is 4. The van der Waals surface area contributed by atoms with Crippen molar-refractivity contribution in [2.45, 2.75) is 400 Å². The third-order valence-corrected chi connectivity index (χ3v) is 21.5. The molecule has 0 rings (SSSR count). The number of carbonyl (C=O) groups is 7. The third-order valence-electron chi connectivity index (χ3n) is 19.0. The molecule has 0 aliphatic carbocycles. The van der Waals surface area contributed by atoms with Crippen molar-refractivity contribution < 1.29 is 79.7 Å². The highest BCUT2D eigenvalue weighted by Gasteiger charge is 2.27. The highest BCUT2D eigenvalue weighted by atomic mass is 31.2. The van der Waals surface area contributed by atoms with E-state index < -0.39 is 57.3 Å². The molecule has 0 aliphatic heterocycles. The van der Waals surface area contributed by atoms with E-state index in [0.717, 1.165) is 154 Å². The lowest BCUT2D eigenvalue weighted by Gasteiger charge is -2.23. The average Bonchev–Trinajstić information content (AvgIpc) is 0.909. The van der Waals surface area contributed by atoms with E-state index in [4.69, 9.17) is 37.0 Å². The fourth-order valence-corrected chi connectivity index (χ4v) is 14.2. The number of amides is 4. The lowest BCUT2D eigenvalue weighted by molar-refractivity contribution is -0.152. The second-order valence-electron chi connectivity index (χ2n) is 29.9. The Balaban J connectivity index is 5.84. The molecule has 0 aromatic rings. The summed E-state index contributed by atoms with van der Waals surface area (Å²) >= 11 is 0. The molecular weight excluding hydrogens is 1410 g/mol. The maximum absolute atomic E-state index is 13.9. The third kappa shape index (κ3) is 72.4. The zero-order valence-corrected chi connectivity index (χ0v) is 71.6. The summed E-state index contributed by atoms with van der Waals surface area (Å²) in [6, 6.07) is -2.22. The number of esters is 2. The standard InChI is InChI=1S/C85H160N4O17P2/c1-9-15-21-27-31-35-39-45-51-57-79(105-83(94)59-53-47-41-37-33-29-23-17-11-3)69-81(92)88-75(71-99-65-61-77(90)55-49-43-25-19-13-5)73-103-107(7,97)101-67-63-86-85(96)87-64-68-102-108(8,98)104-74-76(72-100-66-62-78(91)56-50-44-26-20-14-6)89-82(93)70-80(58-52-46-40-36-32-28-22-16-10-2)106-84(95)60-54-48-42-38-34-30-24-18-12-4/h37-38,41-42,75-76,79-80H,9-36,39-40,43-74H2,1-8H3,(H,88,92)(H,89,93)(H2,86,87,96)/b41-37-,42-38-/t75?,76?,79-,80-,107?,108?/m1/s1. The molecule has 0 heterocycles. The Kier molecular flexibility index (Phi) is 73.2. The van der Waals surface area contributed by atoms with Gasteiger partial charge in [0.15, 0.2) is 0 Å². The zero-order chi connectivity index (χ0) is 79.5. The minimum Gasteiger partial charge on any atom is -0.462 e. The monoisotopic (exact) mass is 1570 g/mol. The number of urea groups is 1. The van der Waals surface area contributed by atoms with Crippen LogP contribution in [0.1, 0.15) is 375 Å². The zero-order valence-electron chi connectivity index (χ0n) is 69.8. The second kappa shape index (κ2) is 75.9. The summed E-state index contributed by atoms with van der Waals surface area (Å²) in [5, 5.41) is 11.1. The van der Waals surface area contributed by atoms with E-state index in [1.807, 2.05) is 0 Å². The number of nitrogens with one attached hydrogen (secondary N) is 4. The highest BCUT2D eigenvalue weighted by Crippen LogP contribution is 2.44. The van der Waals surface area contributed by atoms with Gasteiger partial charge in [0, 0.05) is 64.9 Å². The van der Waals surface area contributed by atoms with Crippen LogP contribution in [0.25, 0.3) is 0 Å². The van der Waals surface area contributed by atoms with Crippen LogP contribution in [-0.4, -0.2) is 145 Å². The molecule has 6 atom stereocenters. The molecule has 4 unspecified atom stereocenters. The Bertz CT molecular complexity index is 2210. The molecule has 0 bridgehead atoms. The summed E-state index contributed by atoms with van der Waals surface area (Å²) in [6.45, 7) is 14.8. The summed E-state index contributed by atoms with van der Waals surface area (Å²) in [6.07, 6.45) is 55.2. The summed E-state index contributed by atoms with van der Waals surface area (Å²) < 4.78 is 74.1. The largest absolute Gasteiger partial charge is 0.462 e. The van der Waals surface area contributed by atoms with Crippen LogP contribution >= 0.6 is 15.2 Å². The summed E-state index contributed by atoms with van der Waals surface area (Å²) in [7, 11) is -7.57. The molecule has 23 heteroatoms. The minimum absolute atomic E-state index is 0.0497. The van der Waals surface area contributed by atoms with Gasteiger partial charge in [0.1, 0.15) is 23.8 Å². The number of carbonyl (C=O) groups excluding carboxylic acids is 7. The molecule has 0 fully saturated rings. The second-order valence-corrected chi connectivity index (χ2v) is 34.0. The van der Waals surface area contributed by atoms with Crippen molar-refractivity contribution in [1.82, 2.24) is 21.3 Å². The van der Waals surface area contributed by atoms with Crippen molar-refractivity contribution in [1.29, 1.82) is 0 Å². The van der Waals surface area contributed by atoms with Crippen molar-refractivity contribution in [3.05, 3.63) is 24.3 Å². The smallest absolute Gasteiger partial charge is 0.327 e. The van der Waals surface area contributed by atoms with Gasteiger partial charge in [-0.2, -0.15) is 0 Å². The highest BCUT2D eigenvalue weighted by molar-refractivity contribution is 7.53. The van der Waals surface area contributed by atoms with Crippen molar-refractivity contribution in [3.8, 4) is 0 Å². The van der Waals surface area contributed by atoms with E-state index >= 15 is 0 Å². The lowest BCUT2D eigenvalue weighted by atomic mass is 10.0. The maximum atomic E-state index is 13.9. The minimum atomic E-state index is -3.78. The normalized spacial score (nSPS) is 13.9. The molecule has 0 spiro atoms. The van der Waals surface area contributed by atoms with Crippen LogP contribution in [0.3, 0.4) is 0 Å². The van der Waals surface area contributed by atoms with Gasteiger partial charge in [0.2, 0.25) is 11.8 Å². The van der Waals surface area contributed by atoms with Crippen molar-refractivity contribution in [2.24, 2.45) is 0 Å². The van der Waals surface area contributed by atoms with Crippen molar-refractivity contribution in [2.75, 3.05) is 79.3 Å². The van der Waals surface area contributed by atoms with Gasteiger partial charge in [-0.25, -0.2) is 4.79 Å². The van der Waals surface area contributed by atoms with Gasteiger partial charge in [-0.3, -0.25) is 37.9 Å². The van der Waals surface area contributed by atoms with Gasteiger partial charge < -0.3 is 58.3 Å². The van der Waals surface area contributed by atoms with Gasteiger partial charge >= 0.3 is 33.2 Å². The van der Waals surface area contributed by atoms with Crippen molar-refractivity contribution >= 4 is 56.5 Å². The van der Waals surface area contributed by atoms with Gasteiger partial charge in [-0.1, -0.05) is 258 Å². The molecule has 4 amide bonds. The Morgan fingerprint density at radius 2 is 0.620 bits per heavy atom. The molecule has 4 N–H and O–H groups in total. The first kappa shape index (κ1) is 104. The molecule has 632 valence electrons. The molecule has 0 aromatic heterocycles. The number of unbranched alkanes of at least 4 members (excludes halogenated alkanes) is 34. The van der Waals surface area contributed by atoms with E-state index in [9.17, 15) is 42.7 Å². The summed E-state index contributed by atoms with van der Waals surface area (Å²) in [5.74, 6) is -1.27. The lowest BCUT2D eigenvalue weighted by Crippen LogP contribution is -2.43.